The number of halogens is 3. The molecule has 5 heteroatoms. The third kappa shape index (κ3) is 2.61. The molecule has 2 unspecified atom stereocenters. The van der Waals surface area contributed by atoms with Gasteiger partial charge >= 0.3 is 0 Å². The van der Waals surface area contributed by atoms with E-state index in [2.05, 4.69) is 0 Å². The van der Waals surface area contributed by atoms with E-state index < -0.39 is 29.1 Å². The fraction of sp³-hybridized carbons (Fsp3) is 0.500. The van der Waals surface area contributed by atoms with Gasteiger partial charge in [-0.3, -0.25) is 0 Å². The van der Waals surface area contributed by atoms with Crippen molar-refractivity contribution >= 4 is 0 Å². The second kappa shape index (κ2) is 5.06. The van der Waals surface area contributed by atoms with Crippen LogP contribution in [0.15, 0.2) is 12.1 Å². The van der Waals surface area contributed by atoms with Crippen LogP contribution < -0.4 is 0 Å². The Bertz CT molecular complexity index is 380. The van der Waals surface area contributed by atoms with Crippen LogP contribution in [0.25, 0.3) is 0 Å². The number of aliphatic hydroxyl groups is 1. The van der Waals surface area contributed by atoms with Gasteiger partial charge in [0.15, 0.2) is 0 Å². The van der Waals surface area contributed by atoms with Crippen LogP contribution in [0, 0.1) is 23.4 Å². The first-order valence-corrected chi connectivity index (χ1v) is 5.50. The van der Waals surface area contributed by atoms with Gasteiger partial charge in [-0.05, 0) is 12.8 Å². The predicted molar refractivity (Wildman–Crippen MR) is 54.8 cm³/mol. The van der Waals surface area contributed by atoms with Gasteiger partial charge in [-0.2, -0.15) is 0 Å². The van der Waals surface area contributed by atoms with Gasteiger partial charge in [-0.1, -0.05) is 0 Å². The van der Waals surface area contributed by atoms with Crippen molar-refractivity contribution in [3.8, 4) is 0 Å². The lowest BCUT2D eigenvalue weighted by molar-refractivity contribution is -0.0125. The lowest BCUT2D eigenvalue weighted by Crippen LogP contribution is -2.25. The molecule has 1 aliphatic rings. The van der Waals surface area contributed by atoms with Gasteiger partial charge in [0.2, 0.25) is 0 Å². The highest BCUT2D eigenvalue weighted by Gasteiger charge is 2.28. The molecule has 0 saturated carbocycles. The Balaban J connectivity index is 2.26. The smallest absolute Gasteiger partial charge is 0.134 e. The van der Waals surface area contributed by atoms with Crippen molar-refractivity contribution in [2.75, 3.05) is 13.2 Å². The molecule has 2 rings (SSSR count). The molecule has 2 nitrogen and oxygen atoms in total. The quantitative estimate of drug-likeness (QED) is 0.869. The Morgan fingerprint density at radius 1 is 1.24 bits per heavy atom. The molecule has 2 atom stereocenters. The Morgan fingerprint density at radius 3 is 2.41 bits per heavy atom. The van der Waals surface area contributed by atoms with E-state index in [0.29, 0.717) is 25.2 Å². The standard InChI is InChI=1S/C12H13F3O2/c13-8-4-9(14)11(10(15)5-8)12(16)7-2-1-3-17-6-7/h4-5,7,12,16H,1-3,6H2. The normalized spacial score (nSPS) is 22.5. The zero-order chi connectivity index (χ0) is 12.4. The van der Waals surface area contributed by atoms with E-state index >= 15 is 0 Å². The number of benzene rings is 1. The molecule has 1 saturated heterocycles. The lowest BCUT2D eigenvalue weighted by Gasteiger charge is -2.27. The Hall–Kier alpha value is -1.07. The summed E-state index contributed by atoms with van der Waals surface area (Å²) in [5.41, 5.74) is -0.470. The topological polar surface area (TPSA) is 29.5 Å². The van der Waals surface area contributed by atoms with Crippen molar-refractivity contribution in [1.29, 1.82) is 0 Å². The summed E-state index contributed by atoms with van der Waals surface area (Å²) < 4.78 is 44.7. The van der Waals surface area contributed by atoms with Gasteiger partial charge in [0.1, 0.15) is 17.5 Å². The molecule has 1 aliphatic heterocycles. The molecule has 1 N–H and O–H groups in total. The molecule has 0 amide bonds. The second-order valence-corrected chi connectivity index (χ2v) is 4.21. The van der Waals surface area contributed by atoms with Crippen molar-refractivity contribution in [3.63, 3.8) is 0 Å². The fourth-order valence-electron chi connectivity index (χ4n) is 2.09. The van der Waals surface area contributed by atoms with Crippen LogP contribution in [0.4, 0.5) is 13.2 Å². The predicted octanol–water partition coefficient (Wildman–Crippen LogP) is 2.56. The van der Waals surface area contributed by atoms with Crippen LogP contribution in [0.2, 0.25) is 0 Å². The summed E-state index contributed by atoms with van der Waals surface area (Å²) in [6.45, 7) is 0.856. The van der Waals surface area contributed by atoms with Crippen LogP contribution in [0.3, 0.4) is 0 Å². The zero-order valence-corrected chi connectivity index (χ0v) is 9.13. The molecule has 1 heterocycles. The van der Waals surface area contributed by atoms with Crippen molar-refractivity contribution in [1.82, 2.24) is 0 Å². The summed E-state index contributed by atoms with van der Waals surface area (Å²) in [5, 5.41) is 9.92. The molecular weight excluding hydrogens is 233 g/mol. The number of hydrogen-bond acceptors (Lipinski definition) is 2. The molecule has 17 heavy (non-hydrogen) atoms. The van der Waals surface area contributed by atoms with Crippen LogP contribution in [-0.4, -0.2) is 18.3 Å². The average molecular weight is 246 g/mol. The maximum Gasteiger partial charge on any atom is 0.134 e. The van der Waals surface area contributed by atoms with Crippen LogP contribution in [0.5, 0.6) is 0 Å². The minimum atomic E-state index is -1.30. The van der Waals surface area contributed by atoms with Crippen molar-refractivity contribution in [2.45, 2.75) is 18.9 Å². The molecule has 94 valence electrons. The van der Waals surface area contributed by atoms with Gasteiger partial charge in [0.25, 0.3) is 0 Å². The third-order valence-electron chi connectivity index (χ3n) is 2.98. The van der Waals surface area contributed by atoms with E-state index in [1.165, 1.54) is 0 Å². The summed E-state index contributed by atoms with van der Waals surface area (Å²) in [7, 11) is 0. The van der Waals surface area contributed by atoms with E-state index in [-0.39, 0.29) is 12.5 Å². The highest BCUT2D eigenvalue weighted by Crippen LogP contribution is 2.32. The third-order valence-corrected chi connectivity index (χ3v) is 2.98. The summed E-state index contributed by atoms with van der Waals surface area (Å²) in [4.78, 5) is 0. The molecule has 1 aromatic carbocycles. The first-order valence-electron chi connectivity index (χ1n) is 5.50. The zero-order valence-electron chi connectivity index (χ0n) is 9.13. The van der Waals surface area contributed by atoms with Crippen molar-refractivity contribution in [3.05, 3.63) is 35.1 Å². The summed E-state index contributed by atoms with van der Waals surface area (Å²) in [6, 6.07) is 1.15. The Morgan fingerprint density at radius 2 is 1.88 bits per heavy atom. The SMILES string of the molecule is OC(c1c(F)cc(F)cc1F)C1CCCOC1. The first-order chi connectivity index (χ1) is 8.09. The van der Waals surface area contributed by atoms with Gasteiger partial charge in [0, 0.05) is 24.7 Å². The van der Waals surface area contributed by atoms with E-state index in [0.717, 1.165) is 6.42 Å². The number of rotatable bonds is 2. The average Bonchev–Trinajstić information content (AvgIpc) is 2.28. The molecule has 0 aliphatic carbocycles. The van der Waals surface area contributed by atoms with Crippen molar-refractivity contribution in [2.24, 2.45) is 5.92 Å². The largest absolute Gasteiger partial charge is 0.388 e. The van der Waals surface area contributed by atoms with Gasteiger partial charge in [-0.25, -0.2) is 13.2 Å². The van der Waals surface area contributed by atoms with E-state index in [4.69, 9.17) is 4.74 Å². The molecule has 1 fully saturated rings. The maximum absolute atomic E-state index is 13.4. The number of hydrogen-bond donors (Lipinski definition) is 1. The van der Waals surface area contributed by atoms with Crippen molar-refractivity contribution < 1.29 is 23.0 Å². The second-order valence-electron chi connectivity index (χ2n) is 4.21. The molecule has 0 bridgehead atoms. The molecule has 0 spiro atoms. The number of aliphatic hydroxyl groups excluding tert-OH is 1. The Kier molecular flexibility index (Phi) is 3.69. The molecule has 1 aromatic rings. The maximum atomic E-state index is 13.4. The van der Waals surface area contributed by atoms with Gasteiger partial charge < -0.3 is 9.84 Å². The number of ether oxygens (including phenoxy) is 1. The van der Waals surface area contributed by atoms with Gasteiger partial charge in [0.05, 0.1) is 18.3 Å². The van der Waals surface area contributed by atoms with Crippen LogP contribution in [-0.2, 0) is 4.74 Å². The molecule has 0 radical (unpaired) electrons. The minimum Gasteiger partial charge on any atom is -0.388 e. The lowest BCUT2D eigenvalue weighted by atomic mass is 9.90. The monoisotopic (exact) mass is 246 g/mol. The van der Waals surface area contributed by atoms with Crippen LogP contribution in [0.1, 0.15) is 24.5 Å². The summed E-state index contributed by atoms with van der Waals surface area (Å²) in [6.07, 6.45) is 0.0831. The van der Waals surface area contributed by atoms with Crippen LogP contribution >= 0.6 is 0 Å². The Labute approximate surface area is 97.0 Å². The highest BCUT2D eigenvalue weighted by atomic mass is 19.1. The molecular formula is C12H13F3O2. The minimum absolute atomic E-state index is 0.261. The molecule has 0 aromatic heterocycles. The van der Waals surface area contributed by atoms with E-state index in [9.17, 15) is 18.3 Å². The van der Waals surface area contributed by atoms with E-state index in [1.54, 1.807) is 0 Å². The van der Waals surface area contributed by atoms with E-state index in [1.807, 2.05) is 0 Å². The summed E-state index contributed by atoms with van der Waals surface area (Å²) >= 11 is 0. The van der Waals surface area contributed by atoms with Gasteiger partial charge in [-0.15, -0.1) is 0 Å². The summed E-state index contributed by atoms with van der Waals surface area (Å²) in [5.74, 6) is -3.45. The first kappa shape index (κ1) is 12.4. The highest BCUT2D eigenvalue weighted by molar-refractivity contribution is 5.23. The fourth-order valence-corrected chi connectivity index (χ4v) is 2.09.